The highest BCUT2D eigenvalue weighted by Crippen LogP contribution is 2.24. The number of nitrogens with zero attached hydrogens (tertiary/aromatic N) is 1. The highest BCUT2D eigenvalue weighted by atomic mass is 32.1. The van der Waals surface area contributed by atoms with Crippen LogP contribution < -0.4 is 5.32 Å². The Kier molecular flexibility index (Phi) is 5.06. The van der Waals surface area contributed by atoms with Crippen LogP contribution in [-0.2, 0) is 17.6 Å². The fraction of sp³-hybridized carbons (Fsp3) is 0.200. The molecular weight excluding hydrogens is 316 g/mol. The van der Waals surface area contributed by atoms with Crippen LogP contribution in [0.3, 0.4) is 0 Å². The van der Waals surface area contributed by atoms with E-state index in [1.807, 2.05) is 23.6 Å². The first-order valence-electron chi connectivity index (χ1n) is 8.04. The van der Waals surface area contributed by atoms with Crippen LogP contribution in [0.2, 0.25) is 0 Å². The summed E-state index contributed by atoms with van der Waals surface area (Å²) in [4.78, 5) is 16.8. The zero-order chi connectivity index (χ0) is 16.9. The molecule has 3 nitrogen and oxygen atoms in total. The molecule has 24 heavy (non-hydrogen) atoms. The summed E-state index contributed by atoms with van der Waals surface area (Å²) in [5, 5.41) is 5.85. The van der Waals surface area contributed by atoms with Gasteiger partial charge in [0.05, 0.1) is 12.1 Å². The molecule has 1 heterocycles. The van der Waals surface area contributed by atoms with Gasteiger partial charge in [-0.05, 0) is 31.0 Å². The number of anilines is 1. The van der Waals surface area contributed by atoms with Crippen molar-refractivity contribution in [1.29, 1.82) is 0 Å². The van der Waals surface area contributed by atoms with Crippen LogP contribution >= 0.6 is 11.3 Å². The minimum absolute atomic E-state index is 0.0380. The average Bonchev–Trinajstić information content (AvgIpc) is 3.04. The van der Waals surface area contributed by atoms with Crippen molar-refractivity contribution in [3.8, 4) is 10.6 Å². The van der Waals surface area contributed by atoms with E-state index in [2.05, 4.69) is 54.5 Å². The van der Waals surface area contributed by atoms with Gasteiger partial charge >= 0.3 is 0 Å². The van der Waals surface area contributed by atoms with Gasteiger partial charge in [0.2, 0.25) is 5.91 Å². The number of nitrogens with one attached hydrogen (secondary N) is 1. The third kappa shape index (κ3) is 4.09. The smallest absolute Gasteiger partial charge is 0.230 e. The number of thiazole rings is 1. The maximum absolute atomic E-state index is 12.2. The summed E-state index contributed by atoms with van der Waals surface area (Å²) in [5.74, 6) is -0.0380. The molecule has 1 amide bonds. The normalized spacial score (nSPS) is 10.6. The molecule has 0 saturated carbocycles. The third-order valence-corrected chi connectivity index (χ3v) is 4.75. The zero-order valence-corrected chi connectivity index (χ0v) is 14.7. The molecular formula is C20H20N2OS. The van der Waals surface area contributed by atoms with E-state index in [4.69, 9.17) is 0 Å². The fourth-order valence-electron chi connectivity index (χ4n) is 2.46. The van der Waals surface area contributed by atoms with E-state index >= 15 is 0 Å². The van der Waals surface area contributed by atoms with Gasteiger partial charge in [-0.2, -0.15) is 0 Å². The molecule has 0 aliphatic carbocycles. The molecule has 0 radical (unpaired) electrons. The summed E-state index contributed by atoms with van der Waals surface area (Å²) in [6.45, 7) is 4.16. The number of hydrogen-bond acceptors (Lipinski definition) is 3. The number of amides is 1. The van der Waals surface area contributed by atoms with Gasteiger partial charge < -0.3 is 5.32 Å². The van der Waals surface area contributed by atoms with Gasteiger partial charge in [-0.15, -0.1) is 11.3 Å². The minimum Gasteiger partial charge on any atom is -0.326 e. The molecule has 3 rings (SSSR count). The topological polar surface area (TPSA) is 42.0 Å². The Morgan fingerprint density at radius 1 is 1.17 bits per heavy atom. The quantitative estimate of drug-likeness (QED) is 0.723. The maximum atomic E-state index is 12.2. The van der Waals surface area contributed by atoms with E-state index < -0.39 is 0 Å². The van der Waals surface area contributed by atoms with Crippen molar-refractivity contribution in [2.45, 2.75) is 26.7 Å². The van der Waals surface area contributed by atoms with Crippen molar-refractivity contribution in [2.24, 2.45) is 0 Å². The predicted molar refractivity (Wildman–Crippen MR) is 100 cm³/mol. The van der Waals surface area contributed by atoms with Gasteiger partial charge in [0.25, 0.3) is 0 Å². The third-order valence-electron chi connectivity index (χ3n) is 3.81. The number of hydrogen-bond donors (Lipinski definition) is 1. The van der Waals surface area contributed by atoms with Crippen LogP contribution in [0.1, 0.15) is 23.7 Å². The molecule has 0 aliphatic heterocycles. The van der Waals surface area contributed by atoms with Gasteiger partial charge in [0, 0.05) is 16.6 Å². The molecule has 0 fully saturated rings. The van der Waals surface area contributed by atoms with Crippen molar-refractivity contribution in [3.63, 3.8) is 0 Å². The SMILES string of the molecule is CCc1cccc(NC(=O)Cc2csc(-c3ccc(C)cc3)n2)c1. The monoisotopic (exact) mass is 336 g/mol. The van der Waals surface area contributed by atoms with Crippen LogP contribution in [0.4, 0.5) is 5.69 Å². The Bertz CT molecular complexity index is 837. The lowest BCUT2D eigenvalue weighted by Crippen LogP contribution is -2.14. The molecule has 1 aromatic heterocycles. The van der Waals surface area contributed by atoms with Gasteiger partial charge in [0.1, 0.15) is 5.01 Å². The number of aryl methyl sites for hydroxylation is 2. The van der Waals surface area contributed by atoms with Gasteiger partial charge in [-0.25, -0.2) is 4.98 Å². The Morgan fingerprint density at radius 2 is 1.96 bits per heavy atom. The lowest BCUT2D eigenvalue weighted by Gasteiger charge is -2.05. The largest absolute Gasteiger partial charge is 0.326 e. The van der Waals surface area contributed by atoms with E-state index in [1.54, 1.807) is 11.3 Å². The number of carbonyl (C=O) groups excluding carboxylic acids is 1. The molecule has 0 aliphatic rings. The Labute approximate surface area is 146 Å². The van der Waals surface area contributed by atoms with Gasteiger partial charge in [-0.3, -0.25) is 4.79 Å². The van der Waals surface area contributed by atoms with Crippen molar-refractivity contribution in [2.75, 3.05) is 5.32 Å². The number of benzene rings is 2. The Morgan fingerprint density at radius 3 is 2.71 bits per heavy atom. The first-order chi connectivity index (χ1) is 11.6. The molecule has 0 unspecified atom stereocenters. The summed E-state index contributed by atoms with van der Waals surface area (Å²) < 4.78 is 0. The van der Waals surface area contributed by atoms with Crippen molar-refractivity contribution >= 4 is 22.9 Å². The van der Waals surface area contributed by atoms with E-state index in [9.17, 15) is 4.79 Å². The van der Waals surface area contributed by atoms with E-state index in [0.717, 1.165) is 28.4 Å². The van der Waals surface area contributed by atoms with Crippen LogP contribution in [0.25, 0.3) is 10.6 Å². The lowest BCUT2D eigenvalue weighted by atomic mass is 10.1. The lowest BCUT2D eigenvalue weighted by molar-refractivity contribution is -0.115. The Hall–Kier alpha value is -2.46. The van der Waals surface area contributed by atoms with E-state index in [0.29, 0.717) is 6.42 Å². The summed E-state index contributed by atoms with van der Waals surface area (Å²) in [6.07, 6.45) is 1.24. The molecule has 0 saturated heterocycles. The van der Waals surface area contributed by atoms with Crippen molar-refractivity contribution < 1.29 is 4.79 Å². The van der Waals surface area contributed by atoms with Gasteiger partial charge in [0.15, 0.2) is 0 Å². The fourth-order valence-corrected chi connectivity index (χ4v) is 3.28. The molecule has 0 spiro atoms. The maximum Gasteiger partial charge on any atom is 0.230 e. The molecule has 3 aromatic rings. The Balaban J connectivity index is 1.65. The highest BCUT2D eigenvalue weighted by Gasteiger charge is 2.09. The van der Waals surface area contributed by atoms with Crippen LogP contribution in [0.5, 0.6) is 0 Å². The summed E-state index contributed by atoms with van der Waals surface area (Å²) in [7, 11) is 0. The second-order valence-corrected chi connectivity index (χ2v) is 6.65. The number of rotatable bonds is 5. The molecule has 0 atom stereocenters. The van der Waals surface area contributed by atoms with Crippen molar-refractivity contribution in [1.82, 2.24) is 4.98 Å². The van der Waals surface area contributed by atoms with E-state index in [1.165, 1.54) is 11.1 Å². The highest BCUT2D eigenvalue weighted by molar-refractivity contribution is 7.13. The molecule has 0 bridgehead atoms. The van der Waals surface area contributed by atoms with Crippen LogP contribution in [0, 0.1) is 6.92 Å². The van der Waals surface area contributed by atoms with Crippen molar-refractivity contribution in [3.05, 3.63) is 70.7 Å². The van der Waals surface area contributed by atoms with Crippen LogP contribution in [0.15, 0.2) is 53.9 Å². The first kappa shape index (κ1) is 16.4. The average molecular weight is 336 g/mol. The first-order valence-corrected chi connectivity index (χ1v) is 8.92. The second kappa shape index (κ2) is 7.41. The summed E-state index contributed by atoms with van der Waals surface area (Å²) in [6, 6.07) is 16.2. The second-order valence-electron chi connectivity index (χ2n) is 5.79. The van der Waals surface area contributed by atoms with E-state index in [-0.39, 0.29) is 5.91 Å². The molecule has 4 heteroatoms. The molecule has 1 N–H and O–H groups in total. The molecule has 2 aromatic carbocycles. The summed E-state index contributed by atoms with van der Waals surface area (Å²) >= 11 is 1.57. The summed E-state index contributed by atoms with van der Waals surface area (Å²) in [5.41, 5.74) is 5.17. The number of carbonyl (C=O) groups is 1. The standard InChI is InChI=1S/C20H20N2OS/c1-3-15-5-4-6-17(11-15)21-19(23)12-18-13-24-20(22-18)16-9-7-14(2)8-10-16/h4-11,13H,3,12H2,1-2H3,(H,21,23). The number of aromatic nitrogens is 1. The molecule has 122 valence electrons. The zero-order valence-electron chi connectivity index (χ0n) is 13.9. The minimum atomic E-state index is -0.0380. The van der Waals surface area contributed by atoms with Gasteiger partial charge in [-0.1, -0.05) is 48.9 Å². The predicted octanol–water partition coefficient (Wildman–Crippen LogP) is 4.86. The van der Waals surface area contributed by atoms with Crippen LogP contribution in [-0.4, -0.2) is 10.9 Å².